The summed E-state index contributed by atoms with van der Waals surface area (Å²) in [5.41, 5.74) is 0.475. The SMILES string of the molecule is C[C@@]12CCC[C@H]1[C@@H]1C(C(=O)C3CCC3)CC3NC(=O)C=C[C@]3(C)[C@@H]1CC2. The average molecular weight is 356 g/mol. The molecule has 0 aromatic carbocycles. The van der Waals surface area contributed by atoms with Gasteiger partial charge in [-0.3, -0.25) is 9.59 Å². The molecular weight excluding hydrogens is 322 g/mol. The summed E-state index contributed by atoms with van der Waals surface area (Å²) in [6.45, 7) is 4.85. The maximum absolute atomic E-state index is 13.5. The van der Waals surface area contributed by atoms with E-state index in [1.807, 2.05) is 0 Å². The number of hydrogen-bond acceptors (Lipinski definition) is 2. The van der Waals surface area contributed by atoms with Gasteiger partial charge in [-0.1, -0.05) is 32.8 Å². The molecule has 5 aliphatic rings. The van der Waals surface area contributed by atoms with Gasteiger partial charge in [0.2, 0.25) is 5.91 Å². The Balaban J connectivity index is 1.56. The summed E-state index contributed by atoms with van der Waals surface area (Å²) in [7, 11) is 0. The molecule has 4 aliphatic carbocycles. The minimum Gasteiger partial charge on any atom is -0.349 e. The first-order valence-electron chi connectivity index (χ1n) is 11.0. The van der Waals surface area contributed by atoms with E-state index in [0.717, 1.165) is 19.3 Å². The van der Waals surface area contributed by atoms with Crippen molar-refractivity contribution in [1.29, 1.82) is 0 Å². The molecule has 26 heavy (non-hydrogen) atoms. The van der Waals surface area contributed by atoms with E-state index in [1.54, 1.807) is 6.08 Å². The van der Waals surface area contributed by atoms with Gasteiger partial charge in [0.15, 0.2) is 0 Å². The molecule has 4 saturated carbocycles. The van der Waals surface area contributed by atoms with Crippen molar-refractivity contribution in [2.45, 2.75) is 77.7 Å². The van der Waals surface area contributed by atoms with Crippen LogP contribution in [-0.4, -0.2) is 17.7 Å². The highest BCUT2D eigenvalue weighted by atomic mass is 16.1. The minimum atomic E-state index is 0.0267. The second kappa shape index (κ2) is 5.69. The second-order valence-electron chi connectivity index (χ2n) is 10.5. The van der Waals surface area contributed by atoms with Crippen LogP contribution in [0.4, 0.5) is 0 Å². The van der Waals surface area contributed by atoms with Crippen LogP contribution in [0.5, 0.6) is 0 Å². The minimum absolute atomic E-state index is 0.0267. The second-order valence-corrected chi connectivity index (χ2v) is 10.5. The molecule has 1 aliphatic heterocycles. The molecule has 142 valence electrons. The predicted octanol–water partition coefficient (Wildman–Crippen LogP) is 4.27. The van der Waals surface area contributed by atoms with Gasteiger partial charge in [0.1, 0.15) is 5.78 Å². The van der Waals surface area contributed by atoms with Crippen molar-refractivity contribution in [1.82, 2.24) is 5.32 Å². The third kappa shape index (κ3) is 2.24. The molecule has 0 radical (unpaired) electrons. The Kier molecular flexibility index (Phi) is 3.72. The van der Waals surface area contributed by atoms with E-state index in [1.165, 1.54) is 38.5 Å². The Morgan fingerprint density at radius 2 is 1.88 bits per heavy atom. The fourth-order valence-corrected chi connectivity index (χ4v) is 7.63. The first kappa shape index (κ1) is 17.0. The number of hydrogen-bond donors (Lipinski definition) is 1. The van der Waals surface area contributed by atoms with E-state index < -0.39 is 0 Å². The molecule has 0 aromatic rings. The van der Waals surface area contributed by atoms with Gasteiger partial charge in [-0.05, 0) is 74.2 Å². The van der Waals surface area contributed by atoms with Crippen molar-refractivity contribution in [2.24, 2.45) is 40.4 Å². The number of amides is 1. The number of rotatable bonds is 2. The maximum Gasteiger partial charge on any atom is 0.243 e. The molecule has 5 rings (SSSR count). The zero-order valence-corrected chi connectivity index (χ0v) is 16.3. The zero-order valence-electron chi connectivity index (χ0n) is 16.3. The number of ketones is 1. The Bertz CT molecular complexity index is 665. The highest BCUT2D eigenvalue weighted by molar-refractivity contribution is 5.89. The molecule has 4 fully saturated rings. The van der Waals surface area contributed by atoms with Gasteiger partial charge < -0.3 is 5.32 Å². The van der Waals surface area contributed by atoms with Crippen LogP contribution >= 0.6 is 0 Å². The summed E-state index contributed by atoms with van der Waals surface area (Å²) in [4.78, 5) is 25.5. The molecular formula is C23H33NO2. The van der Waals surface area contributed by atoms with Crippen LogP contribution in [0.3, 0.4) is 0 Å². The van der Waals surface area contributed by atoms with Crippen LogP contribution in [0.2, 0.25) is 0 Å². The summed E-state index contributed by atoms with van der Waals surface area (Å²) in [5, 5.41) is 3.24. The van der Waals surface area contributed by atoms with E-state index in [-0.39, 0.29) is 23.3 Å². The molecule has 2 unspecified atom stereocenters. The van der Waals surface area contributed by atoms with Crippen molar-refractivity contribution in [3.05, 3.63) is 12.2 Å². The van der Waals surface area contributed by atoms with Crippen LogP contribution in [0.25, 0.3) is 0 Å². The van der Waals surface area contributed by atoms with Gasteiger partial charge in [0.05, 0.1) is 0 Å². The quantitative estimate of drug-likeness (QED) is 0.804. The van der Waals surface area contributed by atoms with Crippen LogP contribution in [0.1, 0.15) is 71.6 Å². The lowest BCUT2D eigenvalue weighted by Gasteiger charge is -2.60. The highest BCUT2D eigenvalue weighted by Crippen LogP contribution is 2.65. The standard InChI is InChI=1S/C23H33NO2/c1-22-10-4-7-16(22)20-15(21(26)14-5-3-6-14)13-18-23(2,17(20)8-11-22)12-9-19(25)24-18/h9,12,14-18,20H,3-8,10-11,13H2,1-2H3,(H,24,25)/t15?,16-,17+,18?,20-,22-,23+/m0/s1. The van der Waals surface area contributed by atoms with E-state index in [0.29, 0.717) is 34.9 Å². The molecule has 0 bridgehead atoms. The van der Waals surface area contributed by atoms with Gasteiger partial charge in [0, 0.05) is 23.3 Å². The van der Waals surface area contributed by atoms with Gasteiger partial charge in [-0.2, -0.15) is 0 Å². The molecule has 7 atom stereocenters. The lowest BCUT2D eigenvalue weighted by atomic mass is 9.45. The van der Waals surface area contributed by atoms with E-state index in [9.17, 15) is 9.59 Å². The number of Topliss-reactive ketones (excluding diaryl/α,β-unsaturated/α-hetero) is 1. The summed E-state index contributed by atoms with van der Waals surface area (Å²) in [5.74, 6) is 2.86. The van der Waals surface area contributed by atoms with Gasteiger partial charge in [-0.25, -0.2) is 0 Å². The number of nitrogens with one attached hydrogen (secondary N) is 1. The number of carbonyl (C=O) groups excluding carboxylic acids is 2. The Morgan fingerprint density at radius 1 is 1.08 bits per heavy atom. The summed E-state index contributed by atoms with van der Waals surface area (Å²) in [6, 6.07) is 0.140. The predicted molar refractivity (Wildman–Crippen MR) is 101 cm³/mol. The fourth-order valence-electron chi connectivity index (χ4n) is 7.63. The Morgan fingerprint density at radius 3 is 2.62 bits per heavy atom. The van der Waals surface area contributed by atoms with Crippen molar-refractivity contribution in [3.63, 3.8) is 0 Å². The molecule has 0 spiro atoms. The van der Waals surface area contributed by atoms with Crippen molar-refractivity contribution < 1.29 is 9.59 Å². The number of carbonyl (C=O) groups is 2. The molecule has 1 amide bonds. The van der Waals surface area contributed by atoms with Crippen LogP contribution in [0.15, 0.2) is 12.2 Å². The lowest BCUT2D eigenvalue weighted by molar-refractivity contribution is -0.147. The molecule has 3 nitrogen and oxygen atoms in total. The summed E-state index contributed by atoms with van der Waals surface area (Å²) >= 11 is 0. The highest BCUT2D eigenvalue weighted by Gasteiger charge is 2.61. The van der Waals surface area contributed by atoms with E-state index >= 15 is 0 Å². The lowest BCUT2D eigenvalue weighted by Crippen LogP contribution is -2.63. The first-order valence-corrected chi connectivity index (χ1v) is 11.0. The topological polar surface area (TPSA) is 46.2 Å². The van der Waals surface area contributed by atoms with Crippen LogP contribution in [-0.2, 0) is 9.59 Å². The van der Waals surface area contributed by atoms with Crippen LogP contribution < -0.4 is 5.32 Å². The maximum atomic E-state index is 13.5. The fraction of sp³-hybridized carbons (Fsp3) is 0.826. The van der Waals surface area contributed by atoms with Gasteiger partial charge >= 0.3 is 0 Å². The molecule has 0 aromatic heterocycles. The van der Waals surface area contributed by atoms with Gasteiger partial charge in [0.25, 0.3) is 0 Å². The Hall–Kier alpha value is -1.12. The molecule has 0 saturated heterocycles. The third-order valence-corrected chi connectivity index (χ3v) is 9.40. The largest absolute Gasteiger partial charge is 0.349 e. The Labute approximate surface area is 157 Å². The number of fused-ring (bicyclic) bond motifs is 5. The third-order valence-electron chi connectivity index (χ3n) is 9.40. The average Bonchev–Trinajstić information content (AvgIpc) is 2.95. The molecule has 1 heterocycles. The monoisotopic (exact) mass is 355 g/mol. The van der Waals surface area contributed by atoms with E-state index in [4.69, 9.17) is 0 Å². The normalized spacial score (nSPS) is 50.2. The molecule has 1 N–H and O–H groups in total. The summed E-state index contributed by atoms with van der Waals surface area (Å²) < 4.78 is 0. The zero-order chi connectivity index (χ0) is 18.1. The van der Waals surface area contributed by atoms with Crippen molar-refractivity contribution in [3.8, 4) is 0 Å². The van der Waals surface area contributed by atoms with E-state index in [2.05, 4.69) is 25.2 Å². The van der Waals surface area contributed by atoms with Crippen LogP contribution in [0, 0.1) is 40.4 Å². The van der Waals surface area contributed by atoms with Gasteiger partial charge in [-0.15, -0.1) is 0 Å². The molecule has 3 heteroatoms. The van der Waals surface area contributed by atoms with Crippen molar-refractivity contribution in [2.75, 3.05) is 0 Å². The smallest absolute Gasteiger partial charge is 0.243 e. The summed E-state index contributed by atoms with van der Waals surface area (Å²) in [6.07, 6.45) is 14.8. The van der Waals surface area contributed by atoms with Crippen molar-refractivity contribution >= 4 is 11.7 Å². The first-order chi connectivity index (χ1) is 12.4.